The summed E-state index contributed by atoms with van der Waals surface area (Å²) >= 11 is 0. The zero-order valence-electron chi connectivity index (χ0n) is 4.23. The summed E-state index contributed by atoms with van der Waals surface area (Å²) in [5.74, 6) is 8.00. The Morgan fingerprint density at radius 3 is 1.38 bits per heavy atom. The van der Waals surface area contributed by atoms with Gasteiger partial charge in [0.15, 0.2) is 0 Å². The molecule has 0 unspecified atom stereocenters. The average molecular weight is 136 g/mol. The second kappa shape index (κ2) is 7.39. The third-order valence-corrected chi connectivity index (χ3v) is 0. The van der Waals surface area contributed by atoms with Crippen LogP contribution < -0.4 is 30.5 Å². The van der Waals surface area contributed by atoms with Crippen LogP contribution in [0.5, 0.6) is 0 Å². The molecule has 8 heteroatoms. The molecular weight excluding hydrogens is 131 g/mol. The van der Waals surface area contributed by atoms with E-state index >= 15 is 0 Å². The minimum atomic E-state index is -4.92. The van der Waals surface area contributed by atoms with Crippen LogP contribution in [0.15, 0.2) is 0 Å². The topological polar surface area (TPSA) is 129 Å². The van der Waals surface area contributed by atoms with Gasteiger partial charge in [-0.2, -0.15) is 0 Å². The number of hydrogen-bond donors (Lipinski definition) is 3. The van der Waals surface area contributed by atoms with Crippen LogP contribution in [0.3, 0.4) is 0 Å². The Bertz CT molecular complexity index is 97.2. The summed E-state index contributed by atoms with van der Waals surface area (Å²) in [7, 11) is -4.92. The fraction of sp³-hybridized carbons (Fsp3) is 0. The molecule has 8 heavy (non-hydrogen) atoms. The molecule has 0 radical (unpaired) electrons. The van der Waals surface area contributed by atoms with Gasteiger partial charge in [-0.25, -0.2) is 8.42 Å². The van der Waals surface area contributed by atoms with Crippen LogP contribution >= 0.6 is 0 Å². The van der Waals surface area contributed by atoms with E-state index in [1.165, 1.54) is 0 Å². The van der Waals surface area contributed by atoms with Gasteiger partial charge in [-0.05, 0) is 0 Å². The van der Waals surface area contributed by atoms with Crippen molar-refractivity contribution in [3.63, 3.8) is 0 Å². The van der Waals surface area contributed by atoms with Crippen LogP contribution in [0.1, 0.15) is 0 Å². The van der Waals surface area contributed by atoms with Crippen LogP contribution in [0.4, 0.5) is 0 Å². The molecule has 0 aromatic rings. The Morgan fingerprint density at radius 2 is 1.38 bits per heavy atom. The van der Waals surface area contributed by atoms with E-state index in [2.05, 4.69) is 11.7 Å². The summed E-state index contributed by atoms with van der Waals surface area (Å²) in [5, 5.41) is 0. The molecule has 0 aliphatic rings. The van der Waals surface area contributed by atoms with Crippen molar-refractivity contribution in [2.45, 2.75) is 0 Å². The van der Waals surface area contributed by atoms with E-state index in [0.717, 1.165) is 0 Å². The maximum absolute atomic E-state index is 8.63. The van der Waals surface area contributed by atoms with Crippen molar-refractivity contribution in [3.8, 4) is 0 Å². The SMILES string of the molecule is NN.O=S(=O)([O-])O.[Li+]. The monoisotopic (exact) mass is 136 g/mol. The fourth-order valence-corrected chi connectivity index (χ4v) is 0. The molecule has 0 atom stereocenters. The first-order valence-electron chi connectivity index (χ1n) is 1.02. The summed E-state index contributed by atoms with van der Waals surface area (Å²) in [6.45, 7) is 0. The molecular formula is H5LiN2O4S. The molecule has 46 valence electrons. The van der Waals surface area contributed by atoms with Crippen molar-refractivity contribution in [2.24, 2.45) is 11.7 Å². The second-order valence-electron chi connectivity index (χ2n) is 0.428. The molecule has 0 heterocycles. The normalized spacial score (nSPS) is 8.00. The molecule has 0 aromatic carbocycles. The van der Waals surface area contributed by atoms with Crippen molar-refractivity contribution < 1.29 is 36.4 Å². The second-order valence-corrected chi connectivity index (χ2v) is 1.28. The molecule has 0 aliphatic carbocycles. The van der Waals surface area contributed by atoms with Gasteiger partial charge >= 0.3 is 18.9 Å². The van der Waals surface area contributed by atoms with Gasteiger partial charge < -0.3 is 4.55 Å². The summed E-state index contributed by atoms with van der Waals surface area (Å²) < 4.78 is 32.8. The predicted molar refractivity (Wildman–Crippen MR) is 20.7 cm³/mol. The molecule has 0 amide bonds. The third kappa shape index (κ3) is 1240. The van der Waals surface area contributed by atoms with E-state index in [1.807, 2.05) is 0 Å². The summed E-state index contributed by atoms with van der Waals surface area (Å²) in [5.41, 5.74) is 0. The van der Waals surface area contributed by atoms with Crippen molar-refractivity contribution in [1.29, 1.82) is 0 Å². The Morgan fingerprint density at radius 1 is 1.38 bits per heavy atom. The van der Waals surface area contributed by atoms with E-state index in [4.69, 9.17) is 17.5 Å². The van der Waals surface area contributed by atoms with Gasteiger partial charge in [0.2, 0.25) is 10.4 Å². The zero-order chi connectivity index (χ0) is 6.50. The zero-order valence-corrected chi connectivity index (χ0v) is 5.05. The van der Waals surface area contributed by atoms with Gasteiger partial charge in [-0.1, -0.05) is 0 Å². The quantitative estimate of drug-likeness (QED) is 0.100. The first-order chi connectivity index (χ1) is 3.00. The Balaban J connectivity index is -0.0000000750. The molecule has 0 aromatic heterocycles. The van der Waals surface area contributed by atoms with Gasteiger partial charge in [-0.15, -0.1) is 0 Å². The predicted octanol–water partition coefficient (Wildman–Crippen LogP) is -5.17. The van der Waals surface area contributed by atoms with E-state index < -0.39 is 10.4 Å². The first-order valence-corrected chi connectivity index (χ1v) is 2.38. The van der Waals surface area contributed by atoms with Crippen LogP contribution in [-0.2, 0) is 10.4 Å². The molecule has 5 N–H and O–H groups in total. The molecule has 0 rings (SSSR count). The fourth-order valence-electron chi connectivity index (χ4n) is 0. The van der Waals surface area contributed by atoms with Crippen LogP contribution in [0.2, 0.25) is 0 Å². The Labute approximate surface area is 59.0 Å². The minimum absolute atomic E-state index is 0. The minimum Gasteiger partial charge on any atom is -0.726 e. The molecule has 0 aliphatic heterocycles. The maximum Gasteiger partial charge on any atom is 1.00 e. The first kappa shape index (κ1) is 15.8. The summed E-state index contributed by atoms with van der Waals surface area (Å²) in [4.78, 5) is 0. The van der Waals surface area contributed by atoms with Crippen molar-refractivity contribution >= 4 is 10.4 Å². The maximum atomic E-state index is 8.63. The molecule has 0 spiro atoms. The van der Waals surface area contributed by atoms with Gasteiger partial charge in [0.25, 0.3) is 0 Å². The Kier molecular flexibility index (Phi) is 14.6. The number of hydrazine groups is 1. The van der Waals surface area contributed by atoms with Crippen molar-refractivity contribution in [2.75, 3.05) is 0 Å². The smallest absolute Gasteiger partial charge is 0.726 e. The number of nitrogens with two attached hydrogens (primary N) is 2. The van der Waals surface area contributed by atoms with E-state index in [1.54, 1.807) is 0 Å². The molecule has 6 nitrogen and oxygen atoms in total. The van der Waals surface area contributed by atoms with Gasteiger partial charge in [0.05, 0.1) is 0 Å². The Hall–Kier alpha value is 0.387. The number of hydrogen-bond acceptors (Lipinski definition) is 5. The standard InChI is InChI=1S/Li.H4N2.H2O4S/c;1-2;1-5(2,3)4/h;1-2H2;(H2,1,2,3,4)/q+1;;/p-1. The van der Waals surface area contributed by atoms with Gasteiger partial charge in [0, 0.05) is 0 Å². The van der Waals surface area contributed by atoms with Crippen molar-refractivity contribution in [3.05, 3.63) is 0 Å². The van der Waals surface area contributed by atoms with E-state index in [0.29, 0.717) is 0 Å². The summed E-state index contributed by atoms with van der Waals surface area (Å²) in [6, 6.07) is 0. The van der Waals surface area contributed by atoms with Crippen LogP contribution in [0, 0.1) is 0 Å². The largest absolute Gasteiger partial charge is 1.00 e. The van der Waals surface area contributed by atoms with Crippen LogP contribution in [0.25, 0.3) is 0 Å². The third-order valence-electron chi connectivity index (χ3n) is 0. The molecule has 0 fully saturated rings. The average Bonchev–Trinajstić information content (AvgIpc) is 1.36. The van der Waals surface area contributed by atoms with E-state index in [-0.39, 0.29) is 18.9 Å². The molecule has 0 saturated carbocycles. The molecule has 0 saturated heterocycles. The van der Waals surface area contributed by atoms with Crippen LogP contribution in [-0.4, -0.2) is 17.5 Å². The summed E-state index contributed by atoms with van der Waals surface area (Å²) in [6.07, 6.45) is 0. The molecule has 0 bridgehead atoms. The van der Waals surface area contributed by atoms with Gasteiger partial charge in [0.1, 0.15) is 0 Å². The van der Waals surface area contributed by atoms with Gasteiger partial charge in [-0.3, -0.25) is 16.2 Å². The van der Waals surface area contributed by atoms with E-state index in [9.17, 15) is 0 Å². The number of rotatable bonds is 0. The van der Waals surface area contributed by atoms with Crippen molar-refractivity contribution in [1.82, 2.24) is 0 Å².